The monoisotopic (exact) mass is 814 g/mol. The van der Waals surface area contributed by atoms with Crippen LogP contribution in [0.15, 0.2) is 206 Å². The third-order valence-electron chi connectivity index (χ3n) is 14.6. The summed E-state index contributed by atoms with van der Waals surface area (Å²) in [6.07, 6.45) is 0. The number of para-hydroxylation sites is 2. The molecule has 0 saturated heterocycles. The van der Waals surface area contributed by atoms with E-state index in [4.69, 9.17) is 4.74 Å². The van der Waals surface area contributed by atoms with Crippen molar-refractivity contribution >= 4 is 43.7 Å². The van der Waals surface area contributed by atoms with Gasteiger partial charge < -0.3 is 9.30 Å². The molecule has 294 valence electrons. The first-order chi connectivity index (χ1) is 31.8. The molecule has 1 spiro atoms. The molecule has 1 atom stereocenters. The van der Waals surface area contributed by atoms with E-state index in [9.17, 15) is 0 Å². The van der Waals surface area contributed by atoms with Crippen molar-refractivity contribution in [3.63, 3.8) is 0 Å². The van der Waals surface area contributed by atoms with Crippen LogP contribution in [0.25, 0.3) is 111 Å². The molecule has 16 rings (SSSR count). The summed E-state index contributed by atoms with van der Waals surface area (Å²) >= 11 is 0. The van der Waals surface area contributed by atoms with E-state index >= 15 is 0 Å². The Morgan fingerprint density at radius 3 is 1.66 bits per heavy atom. The van der Waals surface area contributed by atoms with Gasteiger partial charge in [0.2, 0.25) is 5.69 Å². The van der Waals surface area contributed by atoms with E-state index in [1.807, 2.05) is 0 Å². The molecule has 1 unspecified atom stereocenters. The maximum absolute atomic E-state index is 7.31. The van der Waals surface area contributed by atoms with Gasteiger partial charge in [-0.15, -0.1) is 9.13 Å². The highest BCUT2D eigenvalue weighted by molar-refractivity contribution is 6.16. The van der Waals surface area contributed by atoms with Crippen molar-refractivity contribution in [2.24, 2.45) is 0 Å². The van der Waals surface area contributed by atoms with Crippen LogP contribution in [0.3, 0.4) is 0 Å². The highest BCUT2D eigenvalue weighted by atomic mass is 16.5. The van der Waals surface area contributed by atoms with Crippen molar-refractivity contribution in [2.45, 2.75) is 5.66 Å². The maximum atomic E-state index is 7.31. The van der Waals surface area contributed by atoms with E-state index in [0.717, 1.165) is 34.1 Å². The Kier molecular flexibility index (Phi) is 5.94. The van der Waals surface area contributed by atoms with Crippen LogP contribution in [0.5, 0.6) is 11.6 Å². The third kappa shape index (κ3) is 3.81. The zero-order valence-electron chi connectivity index (χ0n) is 34.3. The van der Waals surface area contributed by atoms with E-state index in [-0.39, 0.29) is 0 Å². The van der Waals surface area contributed by atoms with Gasteiger partial charge in [-0.05, 0) is 81.4 Å². The molecule has 0 aliphatic carbocycles. The molecule has 12 aromatic rings. The lowest BCUT2D eigenvalue weighted by molar-refractivity contribution is -0.932. The van der Waals surface area contributed by atoms with Gasteiger partial charge in [-0.1, -0.05) is 146 Å². The summed E-state index contributed by atoms with van der Waals surface area (Å²) in [5.74, 6) is 1.71. The first-order valence-corrected chi connectivity index (χ1v) is 22.1. The van der Waals surface area contributed by atoms with Gasteiger partial charge in [0.25, 0.3) is 5.69 Å². The lowest BCUT2D eigenvalue weighted by Gasteiger charge is -2.37. The van der Waals surface area contributed by atoms with Crippen molar-refractivity contribution in [1.29, 1.82) is 0 Å². The summed E-state index contributed by atoms with van der Waals surface area (Å²) in [6, 6.07) is 75.9. The second kappa shape index (κ2) is 11.5. The molecule has 0 fully saturated rings. The molecular weight excluding hydrogens is 781 g/mol. The van der Waals surface area contributed by atoms with Crippen LogP contribution < -0.4 is 13.9 Å². The fourth-order valence-electron chi connectivity index (χ4n) is 12.1. The minimum atomic E-state index is -0.780. The standard InChI is InChI=1S/C59H34N4O/c1-3-12-35(13-4-1)37-22-24-39(25-23-37)41-32-50-51-34-45(40-28-26-38(27-29-40)36-14-5-2-6-15-36)54-44-17-8-10-19-47(44)61-49-21-11-20-48-55(49)59(63(51)58(54)61)56-52(64-53(33-41)62(50)59)31-30-43-42-16-7-9-18-46(42)60(48)57(43)56/h1-34H/q+2. The summed E-state index contributed by atoms with van der Waals surface area (Å²) in [5, 5.41) is 4.95. The van der Waals surface area contributed by atoms with Crippen molar-refractivity contribution in [3.8, 4) is 78.9 Å². The van der Waals surface area contributed by atoms with E-state index in [1.165, 1.54) is 99.6 Å². The van der Waals surface area contributed by atoms with Gasteiger partial charge in [0.05, 0.1) is 28.2 Å². The molecule has 0 N–H and O–H groups in total. The minimum absolute atomic E-state index is 0.780. The molecule has 0 saturated carbocycles. The Labute approximate surface area is 367 Å². The second-order valence-corrected chi connectivity index (χ2v) is 17.7. The largest absolute Gasteiger partial charge is 0.404 e. The number of pyridine rings is 2. The van der Waals surface area contributed by atoms with Crippen LogP contribution in [-0.2, 0) is 5.66 Å². The molecule has 8 heterocycles. The molecule has 0 amide bonds. The topological polar surface area (TPSA) is 26.8 Å². The molecule has 5 heteroatoms. The van der Waals surface area contributed by atoms with E-state index in [1.54, 1.807) is 0 Å². The maximum Gasteiger partial charge on any atom is 0.379 e. The van der Waals surface area contributed by atoms with Gasteiger partial charge in [-0.3, -0.25) is 0 Å². The first kappa shape index (κ1) is 33.1. The third-order valence-corrected chi connectivity index (χ3v) is 14.6. The zero-order valence-corrected chi connectivity index (χ0v) is 34.3. The molecule has 5 nitrogen and oxygen atoms in total. The van der Waals surface area contributed by atoms with E-state index in [0.29, 0.717) is 0 Å². The first-order valence-electron chi connectivity index (χ1n) is 22.1. The molecular formula is C59H34N4O+2. The summed E-state index contributed by atoms with van der Waals surface area (Å²) < 4.78 is 17.6. The van der Waals surface area contributed by atoms with E-state index < -0.39 is 5.66 Å². The molecule has 8 aromatic carbocycles. The summed E-state index contributed by atoms with van der Waals surface area (Å²) in [7, 11) is 0. The Morgan fingerprint density at radius 2 is 0.953 bits per heavy atom. The van der Waals surface area contributed by atoms with Gasteiger partial charge in [0.15, 0.2) is 11.4 Å². The molecule has 0 bridgehead atoms. The van der Waals surface area contributed by atoms with Crippen LogP contribution >= 0.6 is 0 Å². The van der Waals surface area contributed by atoms with Crippen molar-refractivity contribution in [1.82, 2.24) is 9.13 Å². The highest BCUT2D eigenvalue weighted by Gasteiger charge is 2.71. The van der Waals surface area contributed by atoms with E-state index in [2.05, 4.69) is 225 Å². The van der Waals surface area contributed by atoms with Crippen molar-refractivity contribution in [3.05, 3.63) is 217 Å². The number of ether oxygens (including phenoxy) is 1. The minimum Gasteiger partial charge on any atom is -0.404 e. The van der Waals surface area contributed by atoms with Crippen LogP contribution in [-0.4, -0.2) is 9.13 Å². The average Bonchev–Trinajstić information content (AvgIpc) is 3.99. The Morgan fingerprint density at radius 1 is 0.391 bits per heavy atom. The number of rotatable bonds is 4. The van der Waals surface area contributed by atoms with Crippen molar-refractivity contribution in [2.75, 3.05) is 0 Å². The number of hydrogen-bond donors (Lipinski definition) is 0. The number of benzene rings is 8. The number of hydrogen-bond acceptors (Lipinski definition) is 1. The summed E-state index contributed by atoms with van der Waals surface area (Å²) in [5.41, 5.74) is 20.6. The highest BCUT2D eigenvalue weighted by Crippen LogP contribution is 2.58. The van der Waals surface area contributed by atoms with Gasteiger partial charge in [0.1, 0.15) is 16.6 Å². The lowest BCUT2D eigenvalue weighted by atomic mass is 9.81. The lowest BCUT2D eigenvalue weighted by Crippen LogP contribution is -2.74. The van der Waals surface area contributed by atoms with Crippen molar-refractivity contribution < 1.29 is 13.9 Å². The van der Waals surface area contributed by atoms with Gasteiger partial charge in [-0.2, -0.15) is 4.57 Å². The SMILES string of the molecule is c1ccc(-c2ccc(-c3cc4[n+]5c(c3)-c3cc(-c6ccc(-c7ccccc7)cc6)c6c7ccccc7n7c6[n+]3C53c5c(cccc5-7)-n5c6ccccc6c6ccc(c3c65)O4)cc2)cc1. The molecule has 4 aromatic heterocycles. The average molecular weight is 815 g/mol. The molecule has 4 aliphatic heterocycles. The Balaban J connectivity index is 1.07. The smallest absolute Gasteiger partial charge is 0.379 e. The summed E-state index contributed by atoms with van der Waals surface area (Å²) in [4.78, 5) is 0. The number of aromatic nitrogens is 4. The normalized spacial score (nSPS) is 15.4. The van der Waals surface area contributed by atoms with Gasteiger partial charge in [0, 0.05) is 33.9 Å². The number of fused-ring (bicyclic) bond motifs is 9. The fraction of sp³-hybridized carbons (Fsp3) is 0.0169. The van der Waals surface area contributed by atoms with Gasteiger partial charge in [-0.25, -0.2) is 0 Å². The molecule has 64 heavy (non-hydrogen) atoms. The molecule has 0 radical (unpaired) electrons. The fourth-order valence-corrected chi connectivity index (χ4v) is 12.1. The molecule has 4 aliphatic rings. The Bertz CT molecular complexity index is 4070. The Hall–Kier alpha value is -8.54. The zero-order chi connectivity index (χ0) is 41.4. The summed E-state index contributed by atoms with van der Waals surface area (Å²) in [6.45, 7) is 0. The van der Waals surface area contributed by atoms with Crippen LogP contribution in [0.4, 0.5) is 0 Å². The predicted octanol–water partition coefficient (Wildman–Crippen LogP) is 13.1. The quantitative estimate of drug-likeness (QED) is 0.163. The second-order valence-electron chi connectivity index (χ2n) is 17.7. The van der Waals surface area contributed by atoms with Crippen LogP contribution in [0, 0.1) is 0 Å². The van der Waals surface area contributed by atoms with Crippen LogP contribution in [0.1, 0.15) is 11.1 Å². The number of nitrogens with zero attached hydrogens (tertiary/aromatic N) is 4. The predicted molar refractivity (Wildman–Crippen MR) is 254 cm³/mol. The van der Waals surface area contributed by atoms with Crippen LogP contribution in [0.2, 0.25) is 0 Å². The van der Waals surface area contributed by atoms with Gasteiger partial charge >= 0.3 is 17.2 Å².